The van der Waals surface area contributed by atoms with Crippen molar-refractivity contribution in [3.63, 3.8) is 0 Å². The molecule has 0 aromatic rings. The summed E-state index contributed by atoms with van der Waals surface area (Å²) in [5.74, 6) is 0.964. The molecule has 2 saturated carbocycles. The Balaban J connectivity index is 2.06. The lowest BCUT2D eigenvalue weighted by Gasteiger charge is -2.54. The van der Waals surface area contributed by atoms with E-state index in [9.17, 15) is 14.4 Å². The average molecular weight is 412 g/mol. The molecule has 0 aromatic heterocycles. The van der Waals surface area contributed by atoms with Gasteiger partial charge in [-0.25, -0.2) is 0 Å². The first-order valence-electron chi connectivity index (χ1n) is 10.6. The van der Waals surface area contributed by atoms with Gasteiger partial charge in [-0.2, -0.15) is 0 Å². The fourth-order valence-corrected chi connectivity index (χ4v) is 5.48. The van der Waals surface area contributed by atoms with Gasteiger partial charge in [0.2, 0.25) is 6.29 Å². The molecule has 3 unspecified atom stereocenters. The van der Waals surface area contributed by atoms with E-state index in [1.807, 2.05) is 6.92 Å². The lowest BCUT2D eigenvalue weighted by molar-refractivity contribution is -0.208. The van der Waals surface area contributed by atoms with Crippen LogP contribution in [0.1, 0.15) is 59.8 Å². The molecule has 2 rings (SSSR count). The van der Waals surface area contributed by atoms with E-state index in [1.54, 1.807) is 6.92 Å². The zero-order valence-electron chi connectivity index (χ0n) is 18.4. The van der Waals surface area contributed by atoms with Crippen molar-refractivity contribution in [1.29, 1.82) is 0 Å². The molecule has 7 nitrogen and oxygen atoms in total. The number of hydrogen-bond acceptors (Lipinski definition) is 7. The quantitative estimate of drug-likeness (QED) is 0.434. The van der Waals surface area contributed by atoms with E-state index in [2.05, 4.69) is 13.8 Å². The molecule has 166 valence electrons. The standard InChI is InChI=1S/C22H37NO6/c1-14(27-5)20(26)22(4,23)16-7-8-17-15(12-16)6-9-18(21(17,2)3)29-19(13-25)28-11-10-24/h10,13-19H,6-9,11-12,23H2,1-5H3/t14?,15?,16?,17-,18+,19+,22+/m1/s1. The summed E-state index contributed by atoms with van der Waals surface area (Å²) in [6.07, 6.45) is 4.08. The Morgan fingerprint density at radius 2 is 1.93 bits per heavy atom. The van der Waals surface area contributed by atoms with Gasteiger partial charge in [0, 0.05) is 7.11 Å². The Hall–Kier alpha value is -1.15. The number of aldehydes is 2. The summed E-state index contributed by atoms with van der Waals surface area (Å²) in [7, 11) is 1.53. The molecule has 7 atom stereocenters. The van der Waals surface area contributed by atoms with Gasteiger partial charge in [-0.05, 0) is 69.1 Å². The number of carbonyl (C=O) groups is 3. The highest BCUT2D eigenvalue weighted by molar-refractivity contribution is 5.91. The number of methoxy groups -OCH3 is 1. The Morgan fingerprint density at radius 1 is 1.24 bits per heavy atom. The van der Waals surface area contributed by atoms with Crippen LogP contribution in [0.4, 0.5) is 0 Å². The van der Waals surface area contributed by atoms with Gasteiger partial charge in [-0.1, -0.05) is 13.8 Å². The number of nitrogens with two attached hydrogens (primary N) is 1. The summed E-state index contributed by atoms with van der Waals surface area (Å²) < 4.78 is 16.3. The predicted molar refractivity (Wildman–Crippen MR) is 108 cm³/mol. The summed E-state index contributed by atoms with van der Waals surface area (Å²) in [5, 5.41) is 0. The Morgan fingerprint density at radius 3 is 2.52 bits per heavy atom. The van der Waals surface area contributed by atoms with Crippen LogP contribution in [0.15, 0.2) is 0 Å². The smallest absolute Gasteiger partial charge is 0.215 e. The summed E-state index contributed by atoms with van der Waals surface area (Å²) in [5.41, 5.74) is 5.48. The van der Waals surface area contributed by atoms with Gasteiger partial charge in [0.1, 0.15) is 19.0 Å². The zero-order valence-corrected chi connectivity index (χ0v) is 18.4. The largest absolute Gasteiger partial charge is 0.374 e. The molecule has 2 N–H and O–H groups in total. The summed E-state index contributed by atoms with van der Waals surface area (Å²) >= 11 is 0. The minimum absolute atomic E-state index is 0.0409. The number of rotatable bonds is 10. The lowest BCUT2D eigenvalue weighted by Crippen LogP contribution is -2.58. The first-order chi connectivity index (χ1) is 13.6. The molecule has 2 aliphatic carbocycles. The molecule has 0 saturated heterocycles. The second-order valence-electron chi connectivity index (χ2n) is 9.43. The van der Waals surface area contributed by atoms with Crippen LogP contribution in [0.3, 0.4) is 0 Å². The summed E-state index contributed by atoms with van der Waals surface area (Å²) in [6, 6.07) is 0. The van der Waals surface area contributed by atoms with Crippen LogP contribution in [0.25, 0.3) is 0 Å². The van der Waals surface area contributed by atoms with E-state index in [0.717, 1.165) is 32.1 Å². The van der Waals surface area contributed by atoms with Gasteiger partial charge < -0.3 is 24.7 Å². The minimum atomic E-state index is -1.02. The van der Waals surface area contributed by atoms with E-state index in [1.165, 1.54) is 7.11 Å². The van der Waals surface area contributed by atoms with Crippen LogP contribution >= 0.6 is 0 Å². The van der Waals surface area contributed by atoms with Crippen LogP contribution in [-0.4, -0.2) is 56.1 Å². The third-order valence-electron chi connectivity index (χ3n) is 7.41. The normalized spacial score (nSPS) is 33.0. The van der Waals surface area contributed by atoms with Crippen LogP contribution in [-0.2, 0) is 28.6 Å². The Kier molecular flexibility index (Phi) is 8.13. The van der Waals surface area contributed by atoms with Crippen molar-refractivity contribution in [2.45, 2.75) is 83.8 Å². The van der Waals surface area contributed by atoms with Gasteiger partial charge in [0.15, 0.2) is 12.1 Å². The van der Waals surface area contributed by atoms with Crippen molar-refractivity contribution < 1.29 is 28.6 Å². The van der Waals surface area contributed by atoms with E-state index in [4.69, 9.17) is 19.9 Å². The molecule has 0 heterocycles. The van der Waals surface area contributed by atoms with Crippen molar-refractivity contribution in [2.24, 2.45) is 28.9 Å². The Labute approximate surface area is 174 Å². The lowest BCUT2D eigenvalue weighted by atomic mass is 9.54. The molecular weight excluding hydrogens is 374 g/mol. The highest BCUT2D eigenvalue weighted by Crippen LogP contribution is 2.54. The fourth-order valence-electron chi connectivity index (χ4n) is 5.48. The number of fused-ring (bicyclic) bond motifs is 1. The molecule has 2 fully saturated rings. The second-order valence-corrected chi connectivity index (χ2v) is 9.43. The number of Topliss-reactive ketones (excluding diaryl/α,β-unsaturated/α-hetero) is 1. The Bertz CT molecular complexity index is 590. The van der Waals surface area contributed by atoms with Crippen molar-refractivity contribution in [1.82, 2.24) is 0 Å². The van der Waals surface area contributed by atoms with E-state index >= 15 is 0 Å². The third kappa shape index (κ3) is 5.13. The second kappa shape index (κ2) is 9.77. The van der Waals surface area contributed by atoms with Crippen molar-refractivity contribution in [2.75, 3.05) is 13.7 Å². The molecule has 29 heavy (non-hydrogen) atoms. The van der Waals surface area contributed by atoms with Crippen molar-refractivity contribution >= 4 is 18.4 Å². The van der Waals surface area contributed by atoms with Crippen LogP contribution < -0.4 is 5.73 Å². The van der Waals surface area contributed by atoms with Crippen LogP contribution in [0.5, 0.6) is 0 Å². The van der Waals surface area contributed by atoms with E-state index in [0.29, 0.717) is 24.4 Å². The maximum Gasteiger partial charge on any atom is 0.215 e. The molecule has 7 heteroatoms. The van der Waals surface area contributed by atoms with Gasteiger partial charge in [0.25, 0.3) is 0 Å². The van der Waals surface area contributed by atoms with Crippen molar-refractivity contribution in [3.05, 3.63) is 0 Å². The third-order valence-corrected chi connectivity index (χ3v) is 7.41. The molecule has 2 aliphatic rings. The predicted octanol–water partition coefficient (Wildman–Crippen LogP) is 2.29. The first kappa shape index (κ1) is 24.1. The highest BCUT2D eigenvalue weighted by atomic mass is 16.7. The minimum Gasteiger partial charge on any atom is -0.374 e. The topological polar surface area (TPSA) is 105 Å². The molecule has 0 aliphatic heterocycles. The molecule has 0 bridgehead atoms. The van der Waals surface area contributed by atoms with Crippen LogP contribution in [0, 0.1) is 23.2 Å². The molecular formula is C22H37NO6. The SMILES string of the molecule is COC(C)C(=O)[C@@](C)(N)C1CC[C@@H]2C(CC[C@H](O[C@@H](C=O)OCC=O)C2(C)C)C1. The number of ether oxygens (including phenoxy) is 3. The number of ketones is 1. The van der Waals surface area contributed by atoms with E-state index < -0.39 is 17.9 Å². The maximum atomic E-state index is 12.7. The van der Waals surface area contributed by atoms with E-state index in [-0.39, 0.29) is 29.8 Å². The monoisotopic (exact) mass is 411 g/mol. The highest BCUT2D eigenvalue weighted by Gasteiger charge is 2.51. The summed E-state index contributed by atoms with van der Waals surface area (Å²) in [6.45, 7) is 7.79. The molecule has 0 amide bonds. The first-order valence-corrected chi connectivity index (χ1v) is 10.6. The summed E-state index contributed by atoms with van der Waals surface area (Å²) in [4.78, 5) is 34.5. The fraction of sp³-hybridized carbons (Fsp3) is 0.864. The number of carbonyl (C=O) groups excluding carboxylic acids is 3. The molecule has 0 aromatic carbocycles. The maximum absolute atomic E-state index is 12.7. The zero-order chi connectivity index (χ0) is 21.8. The van der Waals surface area contributed by atoms with Gasteiger partial charge in [-0.15, -0.1) is 0 Å². The van der Waals surface area contributed by atoms with Gasteiger partial charge in [0.05, 0.1) is 11.6 Å². The van der Waals surface area contributed by atoms with Gasteiger partial charge in [-0.3, -0.25) is 9.59 Å². The molecule has 0 spiro atoms. The van der Waals surface area contributed by atoms with Crippen molar-refractivity contribution in [3.8, 4) is 0 Å². The molecule has 0 radical (unpaired) electrons. The average Bonchev–Trinajstić information content (AvgIpc) is 2.70. The van der Waals surface area contributed by atoms with Crippen LogP contribution in [0.2, 0.25) is 0 Å². The number of hydrogen-bond donors (Lipinski definition) is 1. The van der Waals surface area contributed by atoms with Gasteiger partial charge >= 0.3 is 0 Å².